The highest BCUT2D eigenvalue weighted by Gasteiger charge is 2.52. The van der Waals surface area contributed by atoms with Gasteiger partial charge in [-0.15, -0.1) is 0 Å². The Bertz CT molecular complexity index is 957. The summed E-state index contributed by atoms with van der Waals surface area (Å²) in [4.78, 5) is 22.7. The van der Waals surface area contributed by atoms with Crippen molar-refractivity contribution in [3.05, 3.63) is 35.4 Å². The lowest BCUT2D eigenvalue weighted by Gasteiger charge is -2.40. The number of nitrogens with zero attached hydrogens (tertiary/aromatic N) is 2. The number of carbonyl (C=O) groups is 2. The number of carboxylic acids is 2. The minimum absolute atomic E-state index is 0.0609. The number of piperidine rings is 1. The summed E-state index contributed by atoms with van der Waals surface area (Å²) >= 11 is 0. The van der Waals surface area contributed by atoms with Crippen LogP contribution < -0.4 is 5.32 Å². The molecule has 9 nitrogen and oxygen atoms in total. The van der Waals surface area contributed by atoms with Crippen molar-refractivity contribution >= 4 is 11.9 Å². The Morgan fingerprint density at radius 2 is 1.51 bits per heavy atom. The summed E-state index contributed by atoms with van der Waals surface area (Å²) in [5.41, 5.74) is 2.68. The number of halogens is 6. The number of rotatable bonds is 6. The molecule has 1 aliphatic carbocycles. The van der Waals surface area contributed by atoms with Gasteiger partial charge in [0.15, 0.2) is 0 Å². The van der Waals surface area contributed by atoms with Crippen LogP contribution in [0.25, 0.3) is 0 Å². The highest BCUT2D eigenvalue weighted by atomic mass is 19.4. The van der Waals surface area contributed by atoms with Crippen molar-refractivity contribution in [3.63, 3.8) is 0 Å². The topological polar surface area (TPSA) is 123 Å². The lowest BCUT2D eigenvalue weighted by molar-refractivity contribution is -0.193. The number of aliphatic hydroxyl groups excluding tert-OH is 1. The molecule has 2 heterocycles. The molecule has 0 aromatic heterocycles. The first-order valence-corrected chi connectivity index (χ1v) is 13.2. The van der Waals surface area contributed by atoms with Gasteiger partial charge in [0, 0.05) is 18.5 Å². The zero-order valence-electron chi connectivity index (χ0n) is 22.7. The Balaban J connectivity index is 0.000000349. The van der Waals surface area contributed by atoms with E-state index in [1.54, 1.807) is 0 Å². The molecule has 15 heteroatoms. The molecule has 1 aromatic rings. The largest absolute Gasteiger partial charge is 0.490 e. The van der Waals surface area contributed by atoms with Crippen molar-refractivity contribution in [2.75, 3.05) is 59.5 Å². The first kappa shape index (κ1) is 34.7. The average molecular weight is 602 g/mol. The van der Waals surface area contributed by atoms with Gasteiger partial charge in [0.2, 0.25) is 0 Å². The molecule has 1 aromatic carbocycles. The maximum atomic E-state index is 11.4. The van der Waals surface area contributed by atoms with E-state index in [1.165, 1.54) is 24.0 Å². The molecule has 234 valence electrons. The Hall–Kier alpha value is -2.46. The molecule has 4 rings (SSSR count). The maximum absolute atomic E-state index is 11.4. The number of nitrogens with one attached hydrogen (secondary N) is 1. The van der Waals surface area contributed by atoms with Crippen LogP contribution >= 0.6 is 0 Å². The highest BCUT2D eigenvalue weighted by molar-refractivity contribution is 5.73. The number of fused-ring (bicyclic) bond motifs is 2. The van der Waals surface area contributed by atoms with Gasteiger partial charge in [-0.25, -0.2) is 9.59 Å². The van der Waals surface area contributed by atoms with E-state index >= 15 is 0 Å². The molecule has 0 saturated carbocycles. The zero-order chi connectivity index (χ0) is 30.8. The number of aliphatic carboxylic acids is 2. The summed E-state index contributed by atoms with van der Waals surface area (Å²) in [7, 11) is 2.19. The second-order valence-corrected chi connectivity index (χ2v) is 10.1. The molecule has 41 heavy (non-hydrogen) atoms. The van der Waals surface area contributed by atoms with Crippen LogP contribution in [0.3, 0.4) is 0 Å². The molecule has 2 aliphatic heterocycles. The molecule has 2 atom stereocenters. The molecular formula is C26H37F6N3O6. The third-order valence-corrected chi connectivity index (χ3v) is 7.48. The van der Waals surface area contributed by atoms with E-state index < -0.39 is 24.3 Å². The first-order chi connectivity index (χ1) is 19.1. The third kappa shape index (κ3) is 9.81. The van der Waals surface area contributed by atoms with Crippen LogP contribution in [0, 0.1) is 0 Å². The summed E-state index contributed by atoms with van der Waals surface area (Å²) in [6, 6.07) is 8.90. The maximum Gasteiger partial charge on any atom is 0.490 e. The van der Waals surface area contributed by atoms with Crippen molar-refractivity contribution in [2.24, 2.45) is 0 Å². The fourth-order valence-corrected chi connectivity index (χ4v) is 5.42. The van der Waals surface area contributed by atoms with Crippen LogP contribution in [0.5, 0.6) is 0 Å². The van der Waals surface area contributed by atoms with E-state index in [0.29, 0.717) is 0 Å². The number of benzene rings is 1. The smallest absolute Gasteiger partial charge is 0.475 e. The predicted octanol–water partition coefficient (Wildman–Crippen LogP) is 3.03. The third-order valence-electron chi connectivity index (χ3n) is 7.48. The summed E-state index contributed by atoms with van der Waals surface area (Å²) in [5.74, 6) is -5.51. The standard InChI is InChI=1S/C22H35N3O2.2C2HF3O2/c1-24(12-4-5-13-25-14-16-27-17-15-25)20-18-6-2-3-7-19(18)22(21(20)26)8-10-23-11-9-22;2*3-2(4,5)1(6)7/h2-3,6-7,20-21,23,26H,4-5,8-17H2,1H3;2*(H,6,7)/t20-,21+;;/m1../s1. The summed E-state index contributed by atoms with van der Waals surface area (Å²) in [6.45, 7) is 8.10. The van der Waals surface area contributed by atoms with Crippen LogP contribution in [-0.2, 0) is 19.7 Å². The van der Waals surface area contributed by atoms with Gasteiger partial charge in [-0.1, -0.05) is 24.3 Å². The molecule has 2 fully saturated rings. The van der Waals surface area contributed by atoms with Gasteiger partial charge in [-0.3, -0.25) is 9.80 Å². The van der Waals surface area contributed by atoms with Crippen molar-refractivity contribution in [1.82, 2.24) is 15.1 Å². The summed E-state index contributed by atoms with van der Waals surface area (Å²) in [5, 5.41) is 29.1. The van der Waals surface area contributed by atoms with Gasteiger partial charge < -0.3 is 25.4 Å². The van der Waals surface area contributed by atoms with Crippen LogP contribution in [0.4, 0.5) is 26.3 Å². The number of carboxylic acid groups (broad SMARTS) is 2. The second-order valence-electron chi connectivity index (χ2n) is 10.1. The van der Waals surface area contributed by atoms with E-state index in [4.69, 9.17) is 24.5 Å². The fourth-order valence-electron chi connectivity index (χ4n) is 5.42. The van der Waals surface area contributed by atoms with E-state index in [9.17, 15) is 31.4 Å². The Labute approximate surface area is 234 Å². The number of hydrogen-bond donors (Lipinski definition) is 4. The Morgan fingerprint density at radius 3 is 2.02 bits per heavy atom. The van der Waals surface area contributed by atoms with Gasteiger partial charge >= 0.3 is 24.3 Å². The van der Waals surface area contributed by atoms with Crippen molar-refractivity contribution in [1.29, 1.82) is 0 Å². The van der Waals surface area contributed by atoms with Gasteiger partial charge in [0.05, 0.1) is 25.4 Å². The first-order valence-electron chi connectivity index (χ1n) is 13.2. The van der Waals surface area contributed by atoms with Crippen LogP contribution in [0.2, 0.25) is 0 Å². The van der Waals surface area contributed by atoms with E-state index in [2.05, 4.69) is 46.4 Å². The highest BCUT2D eigenvalue weighted by Crippen LogP contribution is 2.51. The monoisotopic (exact) mass is 601 g/mol. The fraction of sp³-hybridized carbons (Fsp3) is 0.692. The number of ether oxygens (including phenoxy) is 1. The Morgan fingerprint density at radius 1 is 1.00 bits per heavy atom. The minimum atomic E-state index is -5.08. The average Bonchev–Trinajstić information content (AvgIpc) is 3.14. The van der Waals surface area contributed by atoms with Crippen molar-refractivity contribution < 1.29 is 56.0 Å². The number of likely N-dealkylation sites (N-methyl/N-ethyl adjacent to an activating group) is 1. The Kier molecular flexibility index (Phi) is 12.8. The number of unbranched alkanes of at least 4 members (excludes halogenated alkanes) is 1. The van der Waals surface area contributed by atoms with Crippen molar-refractivity contribution in [2.45, 2.75) is 55.6 Å². The summed E-state index contributed by atoms with van der Waals surface area (Å²) in [6.07, 6.45) is -6.02. The summed E-state index contributed by atoms with van der Waals surface area (Å²) < 4.78 is 68.9. The lowest BCUT2D eigenvalue weighted by Crippen LogP contribution is -2.48. The second kappa shape index (κ2) is 15.1. The van der Waals surface area contributed by atoms with E-state index in [-0.39, 0.29) is 17.6 Å². The predicted molar refractivity (Wildman–Crippen MR) is 135 cm³/mol. The molecule has 3 aliphatic rings. The number of alkyl halides is 6. The van der Waals surface area contributed by atoms with Gasteiger partial charge in [0.25, 0.3) is 0 Å². The number of morpholine rings is 1. The van der Waals surface area contributed by atoms with Gasteiger partial charge in [0.1, 0.15) is 0 Å². The normalized spacial score (nSPS) is 22.3. The van der Waals surface area contributed by atoms with E-state index in [1.807, 2.05) is 0 Å². The molecule has 4 N–H and O–H groups in total. The molecular weight excluding hydrogens is 564 g/mol. The van der Waals surface area contributed by atoms with E-state index in [0.717, 1.165) is 65.3 Å². The SMILES string of the molecule is CN(CCCCN1CCOCC1)[C@@H]1c2ccccc2C2(CCNCC2)[C@H]1O.O=C(O)C(F)(F)F.O=C(O)C(F)(F)F. The quantitative estimate of drug-likeness (QED) is 0.288. The van der Waals surface area contributed by atoms with Crippen LogP contribution in [-0.4, -0.2) is 115 Å². The molecule has 2 saturated heterocycles. The number of aliphatic hydroxyl groups is 1. The minimum Gasteiger partial charge on any atom is -0.475 e. The number of hydrogen-bond acceptors (Lipinski definition) is 7. The van der Waals surface area contributed by atoms with Gasteiger partial charge in [-0.05, 0) is 70.0 Å². The van der Waals surface area contributed by atoms with Crippen LogP contribution in [0.1, 0.15) is 42.9 Å². The molecule has 0 amide bonds. The zero-order valence-corrected chi connectivity index (χ0v) is 22.7. The van der Waals surface area contributed by atoms with Crippen LogP contribution in [0.15, 0.2) is 24.3 Å². The lowest BCUT2D eigenvalue weighted by atomic mass is 9.72. The molecule has 0 bridgehead atoms. The molecule has 0 unspecified atom stereocenters. The van der Waals surface area contributed by atoms with Crippen molar-refractivity contribution in [3.8, 4) is 0 Å². The molecule has 1 spiro atoms. The molecule has 0 radical (unpaired) electrons. The van der Waals surface area contributed by atoms with Gasteiger partial charge in [-0.2, -0.15) is 26.3 Å².